The molecule has 1 aliphatic rings. The van der Waals surface area contributed by atoms with E-state index in [4.69, 9.17) is 16.3 Å². The lowest BCUT2D eigenvalue weighted by atomic mass is 10.1. The van der Waals surface area contributed by atoms with Gasteiger partial charge in [-0.3, -0.25) is 0 Å². The molecule has 2 heteroatoms. The van der Waals surface area contributed by atoms with Crippen molar-refractivity contribution in [1.29, 1.82) is 0 Å². The second-order valence-electron chi connectivity index (χ2n) is 2.88. The van der Waals surface area contributed by atoms with Crippen LogP contribution in [0.15, 0.2) is 24.3 Å². The van der Waals surface area contributed by atoms with Crippen molar-refractivity contribution < 1.29 is 4.74 Å². The summed E-state index contributed by atoms with van der Waals surface area (Å²) in [4.78, 5) is 0. The van der Waals surface area contributed by atoms with E-state index in [1.807, 2.05) is 24.3 Å². The summed E-state index contributed by atoms with van der Waals surface area (Å²) in [5, 5.41) is 0. The van der Waals surface area contributed by atoms with Gasteiger partial charge >= 0.3 is 0 Å². The molecule has 0 saturated heterocycles. The van der Waals surface area contributed by atoms with Crippen molar-refractivity contribution >= 4 is 17.7 Å². The van der Waals surface area contributed by atoms with Crippen LogP contribution in [-0.2, 0) is 4.74 Å². The Morgan fingerprint density at radius 3 is 3.31 bits per heavy atom. The van der Waals surface area contributed by atoms with E-state index >= 15 is 0 Å². The van der Waals surface area contributed by atoms with Gasteiger partial charge in [0.25, 0.3) is 0 Å². The Kier molecular flexibility index (Phi) is 2.67. The molecule has 0 fully saturated rings. The van der Waals surface area contributed by atoms with E-state index in [1.54, 1.807) is 0 Å². The van der Waals surface area contributed by atoms with E-state index < -0.39 is 0 Å². The minimum Gasteiger partial charge on any atom is -0.368 e. The van der Waals surface area contributed by atoms with Gasteiger partial charge in [-0.25, -0.2) is 0 Å². The molecule has 0 N–H and O–H groups in total. The van der Waals surface area contributed by atoms with Crippen LogP contribution in [0.4, 0.5) is 0 Å². The van der Waals surface area contributed by atoms with Crippen molar-refractivity contribution in [3.05, 3.63) is 41.5 Å². The second-order valence-corrected chi connectivity index (χ2v) is 3.26. The molecular formula is C11H10ClO. The zero-order valence-electron chi connectivity index (χ0n) is 7.16. The van der Waals surface area contributed by atoms with Crippen molar-refractivity contribution in [1.82, 2.24) is 0 Å². The maximum Gasteiger partial charge on any atom is 0.102 e. The van der Waals surface area contributed by atoms with Crippen molar-refractivity contribution in [2.45, 2.75) is 6.10 Å². The lowest BCUT2D eigenvalue weighted by Crippen LogP contribution is -2.01. The molecule has 0 amide bonds. The molecule has 1 aromatic carbocycles. The van der Waals surface area contributed by atoms with Crippen LogP contribution >= 0.6 is 11.6 Å². The fraction of sp³-hybridized carbons (Fsp3) is 0.273. The van der Waals surface area contributed by atoms with Crippen LogP contribution in [0.3, 0.4) is 0 Å². The van der Waals surface area contributed by atoms with Crippen LogP contribution in [0.25, 0.3) is 6.08 Å². The van der Waals surface area contributed by atoms with Gasteiger partial charge in [0.15, 0.2) is 0 Å². The van der Waals surface area contributed by atoms with Gasteiger partial charge in [-0.15, -0.1) is 11.6 Å². The number of benzene rings is 1. The van der Waals surface area contributed by atoms with Crippen molar-refractivity contribution in [3.8, 4) is 0 Å². The number of halogens is 1. The molecular weight excluding hydrogens is 184 g/mol. The van der Waals surface area contributed by atoms with Crippen molar-refractivity contribution in [2.24, 2.45) is 0 Å². The van der Waals surface area contributed by atoms with Crippen molar-refractivity contribution in [3.63, 3.8) is 0 Å². The van der Waals surface area contributed by atoms with Crippen LogP contribution in [0.1, 0.15) is 17.2 Å². The molecule has 1 aromatic rings. The third-order valence-corrected chi connectivity index (χ3v) is 2.19. The molecule has 1 atom stereocenters. The molecule has 0 bridgehead atoms. The minimum absolute atomic E-state index is 0.0752. The minimum atomic E-state index is 0.0752. The molecule has 1 radical (unpaired) electrons. The van der Waals surface area contributed by atoms with Crippen LogP contribution in [-0.4, -0.2) is 12.5 Å². The Hall–Kier alpha value is -0.790. The number of alkyl halides is 1. The highest BCUT2D eigenvalue weighted by Crippen LogP contribution is 2.29. The summed E-state index contributed by atoms with van der Waals surface area (Å²) < 4.78 is 5.54. The van der Waals surface area contributed by atoms with Gasteiger partial charge in [0.1, 0.15) is 6.10 Å². The number of fused-ring (bicyclic) bond motifs is 1. The first-order chi connectivity index (χ1) is 6.42. The SMILES string of the molecule is ClCCOC1C=Cc2[c]cccc21. The Morgan fingerprint density at radius 1 is 1.54 bits per heavy atom. The van der Waals surface area contributed by atoms with Gasteiger partial charge in [-0.1, -0.05) is 30.4 Å². The van der Waals surface area contributed by atoms with Crippen LogP contribution in [0, 0.1) is 6.07 Å². The average Bonchev–Trinajstić information content (AvgIpc) is 2.58. The van der Waals surface area contributed by atoms with Gasteiger partial charge in [0.2, 0.25) is 0 Å². The highest BCUT2D eigenvalue weighted by atomic mass is 35.5. The summed E-state index contributed by atoms with van der Waals surface area (Å²) in [6.45, 7) is 0.588. The monoisotopic (exact) mass is 193 g/mol. The largest absolute Gasteiger partial charge is 0.368 e. The lowest BCUT2D eigenvalue weighted by Gasteiger charge is -2.10. The molecule has 0 spiro atoms. The Bertz CT molecular complexity index is 320. The van der Waals surface area contributed by atoms with Gasteiger partial charge in [0.05, 0.1) is 6.61 Å². The van der Waals surface area contributed by atoms with E-state index in [1.165, 1.54) is 5.56 Å². The summed E-state index contributed by atoms with van der Waals surface area (Å²) in [5.41, 5.74) is 2.31. The zero-order valence-corrected chi connectivity index (χ0v) is 7.92. The summed E-state index contributed by atoms with van der Waals surface area (Å²) in [6, 6.07) is 9.10. The molecule has 0 aromatic heterocycles. The van der Waals surface area contributed by atoms with E-state index in [9.17, 15) is 0 Å². The predicted octanol–water partition coefficient (Wildman–Crippen LogP) is 2.81. The molecule has 1 unspecified atom stereocenters. The van der Waals surface area contributed by atoms with Crippen LogP contribution < -0.4 is 0 Å². The summed E-state index contributed by atoms with van der Waals surface area (Å²) in [5.74, 6) is 0.538. The van der Waals surface area contributed by atoms with E-state index in [0.717, 1.165) is 5.56 Å². The summed E-state index contributed by atoms with van der Waals surface area (Å²) in [6.07, 6.45) is 4.15. The Balaban J connectivity index is 2.14. The maximum atomic E-state index is 5.55. The first-order valence-electron chi connectivity index (χ1n) is 4.28. The van der Waals surface area contributed by atoms with E-state index in [2.05, 4.69) is 12.1 Å². The summed E-state index contributed by atoms with van der Waals surface area (Å²) >= 11 is 5.55. The lowest BCUT2D eigenvalue weighted by molar-refractivity contribution is 0.101. The summed E-state index contributed by atoms with van der Waals surface area (Å²) in [7, 11) is 0. The molecule has 2 rings (SSSR count). The Labute approximate surface area is 83.0 Å². The molecule has 13 heavy (non-hydrogen) atoms. The number of rotatable bonds is 3. The molecule has 67 valence electrons. The maximum absolute atomic E-state index is 5.55. The highest BCUT2D eigenvalue weighted by molar-refractivity contribution is 6.17. The fourth-order valence-corrected chi connectivity index (χ4v) is 1.55. The number of hydrogen-bond donors (Lipinski definition) is 0. The normalized spacial score (nSPS) is 19.0. The Morgan fingerprint density at radius 2 is 2.46 bits per heavy atom. The smallest absolute Gasteiger partial charge is 0.102 e. The second kappa shape index (κ2) is 3.95. The molecule has 0 heterocycles. The highest BCUT2D eigenvalue weighted by Gasteiger charge is 2.16. The van der Waals surface area contributed by atoms with Crippen LogP contribution in [0.2, 0.25) is 0 Å². The van der Waals surface area contributed by atoms with Gasteiger partial charge < -0.3 is 4.74 Å². The molecule has 1 nitrogen and oxygen atoms in total. The van der Waals surface area contributed by atoms with Crippen LogP contribution in [0.5, 0.6) is 0 Å². The zero-order chi connectivity index (χ0) is 9.10. The number of ether oxygens (including phenoxy) is 1. The van der Waals surface area contributed by atoms with Crippen molar-refractivity contribution in [2.75, 3.05) is 12.5 Å². The standard InChI is InChI=1S/C11H10ClO/c12-7-8-13-11-6-5-9-3-1-2-4-10(9)11/h1-2,4-6,11H,7-8H2. The average molecular weight is 194 g/mol. The quantitative estimate of drug-likeness (QED) is 0.671. The van der Waals surface area contributed by atoms with Gasteiger partial charge in [-0.2, -0.15) is 0 Å². The van der Waals surface area contributed by atoms with Gasteiger partial charge in [-0.05, 0) is 17.2 Å². The molecule has 0 saturated carbocycles. The first-order valence-corrected chi connectivity index (χ1v) is 4.81. The van der Waals surface area contributed by atoms with E-state index in [-0.39, 0.29) is 6.10 Å². The molecule has 0 aliphatic heterocycles. The van der Waals surface area contributed by atoms with Gasteiger partial charge in [0, 0.05) is 5.88 Å². The third kappa shape index (κ3) is 1.77. The fourth-order valence-electron chi connectivity index (χ4n) is 1.46. The first kappa shape index (κ1) is 8.79. The number of hydrogen-bond acceptors (Lipinski definition) is 1. The van der Waals surface area contributed by atoms with E-state index in [0.29, 0.717) is 12.5 Å². The third-order valence-electron chi connectivity index (χ3n) is 2.04. The predicted molar refractivity (Wildman–Crippen MR) is 53.7 cm³/mol. The molecule has 1 aliphatic carbocycles. The topological polar surface area (TPSA) is 9.23 Å².